The van der Waals surface area contributed by atoms with Crippen LogP contribution < -0.4 is 0 Å². The number of hydrogen-bond donors (Lipinski definition) is 0. The molecule has 4 heterocycles. The molecule has 10 heteroatoms. The molecule has 1 unspecified atom stereocenters. The average molecular weight is 543 g/mol. The van der Waals surface area contributed by atoms with E-state index in [4.69, 9.17) is 28.4 Å². The summed E-state index contributed by atoms with van der Waals surface area (Å²) in [4.78, 5) is 52.0. The molecule has 10 nitrogen and oxygen atoms in total. The molecule has 2 saturated carbocycles. The first-order valence-corrected chi connectivity index (χ1v) is 13.2. The van der Waals surface area contributed by atoms with Crippen molar-refractivity contribution in [3.63, 3.8) is 0 Å². The van der Waals surface area contributed by atoms with E-state index in [1.807, 2.05) is 0 Å². The van der Waals surface area contributed by atoms with Gasteiger partial charge >= 0.3 is 23.9 Å². The first-order chi connectivity index (χ1) is 17.9. The van der Waals surface area contributed by atoms with Crippen molar-refractivity contribution < 1.29 is 47.6 Å². The second-order valence-electron chi connectivity index (χ2n) is 12.6. The van der Waals surface area contributed by atoms with Crippen molar-refractivity contribution in [2.75, 3.05) is 6.61 Å². The number of hydrogen-bond acceptors (Lipinski definition) is 10. The Balaban J connectivity index is 1.77. The zero-order chi connectivity index (χ0) is 28.8. The molecule has 210 valence electrons. The molecule has 0 aromatic heterocycles. The first-order valence-electron chi connectivity index (χ1n) is 13.2. The molecule has 4 aliphatic heterocycles. The monoisotopic (exact) mass is 542 g/mol. The SMILES string of the molecule is C=C1[C@]23C(=O)O[C@@H](C)[C@]24CO[C@@]1(C)[C@H](OC(C)=O)C1(O4)C(=C)[C@@]2(C=CC(=O)OC2(C)C)C[C@H](OC(C)=O)[C@]13C. The van der Waals surface area contributed by atoms with Gasteiger partial charge in [0.15, 0.2) is 6.10 Å². The summed E-state index contributed by atoms with van der Waals surface area (Å²) >= 11 is 0. The van der Waals surface area contributed by atoms with Gasteiger partial charge in [0.1, 0.15) is 40.0 Å². The predicted molar refractivity (Wildman–Crippen MR) is 133 cm³/mol. The zero-order valence-corrected chi connectivity index (χ0v) is 23.3. The van der Waals surface area contributed by atoms with Gasteiger partial charge < -0.3 is 28.4 Å². The molecule has 6 aliphatic rings. The maximum absolute atomic E-state index is 14.2. The third kappa shape index (κ3) is 2.33. The van der Waals surface area contributed by atoms with Crippen molar-refractivity contribution in [1.82, 2.24) is 0 Å². The van der Waals surface area contributed by atoms with Crippen molar-refractivity contribution in [2.45, 2.75) is 95.6 Å². The normalized spacial score (nSPS) is 50.3. The Hall–Kier alpha value is -2.98. The second-order valence-corrected chi connectivity index (χ2v) is 12.6. The van der Waals surface area contributed by atoms with Crippen LogP contribution >= 0.6 is 0 Å². The fourth-order valence-corrected chi connectivity index (χ4v) is 9.17. The number of fused-ring (bicyclic) bond motifs is 1. The third-order valence-electron chi connectivity index (χ3n) is 10.9. The van der Waals surface area contributed by atoms with E-state index < -0.39 is 80.8 Å². The number of carbonyl (C=O) groups excluding carboxylic acids is 4. The van der Waals surface area contributed by atoms with Crippen molar-refractivity contribution in [1.29, 1.82) is 0 Å². The second kappa shape index (κ2) is 7.01. The molecule has 5 fully saturated rings. The Labute approximate surface area is 226 Å². The van der Waals surface area contributed by atoms with Crippen molar-refractivity contribution >= 4 is 23.9 Å². The lowest BCUT2D eigenvalue weighted by atomic mass is 9.35. The summed E-state index contributed by atoms with van der Waals surface area (Å²) in [6, 6.07) is 0. The summed E-state index contributed by atoms with van der Waals surface area (Å²) in [7, 11) is 0. The molecular formula is C29H34O10. The highest BCUT2D eigenvalue weighted by molar-refractivity contribution is 5.91. The van der Waals surface area contributed by atoms with Gasteiger partial charge in [-0.3, -0.25) is 14.4 Å². The Morgan fingerprint density at radius 2 is 1.67 bits per heavy atom. The van der Waals surface area contributed by atoms with E-state index in [0.717, 1.165) is 0 Å². The van der Waals surface area contributed by atoms with Crippen LogP contribution in [0.3, 0.4) is 0 Å². The van der Waals surface area contributed by atoms with Crippen LogP contribution in [0.2, 0.25) is 0 Å². The summed E-state index contributed by atoms with van der Waals surface area (Å²) in [5.41, 5.74) is -8.93. The van der Waals surface area contributed by atoms with Gasteiger partial charge in [0, 0.05) is 26.3 Å². The summed E-state index contributed by atoms with van der Waals surface area (Å²) in [5.74, 6) is -2.28. The molecule has 3 bridgehead atoms. The van der Waals surface area contributed by atoms with Gasteiger partial charge in [-0.1, -0.05) is 26.2 Å². The summed E-state index contributed by atoms with van der Waals surface area (Å²) in [6.45, 7) is 20.2. The van der Waals surface area contributed by atoms with Crippen LogP contribution in [-0.4, -0.2) is 71.2 Å². The molecule has 0 radical (unpaired) electrons. The van der Waals surface area contributed by atoms with E-state index in [9.17, 15) is 19.2 Å². The van der Waals surface area contributed by atoms with Gasteiger partial charge in [-0.05, 0) is 38.8 Å². The summed E-state index contributed by atoms with van der Waals surface area (Å²) in [5, 5.41) is 0. The topological polar surface area (TPSA) is 124 Å². The van der Waals surface area contributed by atoms with Crippen LogP contribution in [0.15, 0.2) is 36.5 Å². The van der Waals surface area contributed by atoms with Crippen LogP contribution in [0, 0.1) is 16.2 Å². The molecule has 3 saturated heterocycles. The van der Waals surface area contributed by atoms with Crippen molar-refractivity contribution in [3.8, 4) is 0 Å². The number of esters is 4. The molecule has 0 amide bonds. The van der Waals surface area contributed by atoms with Crippen LogP contribution in [0.1, 0.15) is 54.9 Å². The standard InChI is InChI=1S/C29H34O10/c1-14-24(8)21(37-18(5)31)29-15(2)26(11-10-20(32)38-23(26,6)7)12-19(36-17(4)30)25(29,9)28(14)22(33)35-16(3)27(28,39-29)13-34-24/h10-11,16,19,21H,1-2,12-13H2,3-9H3/t16-,19-,21-,24+,25-,26+,27+,28+,29?/m0/s1. The molecule has 0 N–H and O–H groups in total. The van der Waals surface area contributed by atoms with Gasteiger partial charge in [-0.15, -0.1) is 0 Å². The summed E-state index contributed by atoms with van der Waals surface area (Å²) < 4.78 is 37.6. The molecular weight excluding hydrogens is 508 g/mol. The molecule has 2 aliphatic carbocycles. The number of rotatable bonds is 2. The highest BCUT2D eigenvalue weighted by Crippen LogP contribution is 2.84. The van der Waals surface area contributed by atoms with Crippen LogP contribution in [-0.2, 0) is 47.6 Å². The van der Waals surface area contributed by atoms with E-state index in [2.05, 4.69) is 13.2 Å². The van der Waals surface area contributed by atoms with Gasteiger partial charge in [0.25, 0.3) is 0 Å². The van der Waals surface area contributed by atoms with Gasteiger partial charge in [-0.25, -0.2) is 4.79 Å². The molecule has 0 aromatic rings. The Kier molecular flexibility index (Phi) is 4.72. The Morgan fingerprint density at radius 3 is 2.26 bits per heavy atom. The zero-order valence-electron chi connectivity index (χ0n) is 23.3. The van der Waals surface area contributed by atoms with E-state index in [1.165, 1.54) is 19.9 Å². The lowest BCUT2D eigenvalue weighted by molar-refractivity contribution is -0.266. The van der Waals surface area contributed by atoms with E-state index in [-0.39, 0.29) is 13.0 Å². The van der Waals surface area contributed by atoms with Crippen molar-refractivity contribution in [2.24, 2.45) is 16.2 Å². The van der Waals surface area contributed by atoms with E-state index in [1.54, 1.807) is 40.7 Å². The maximum Gasteiger partial charge on any atom is 0.331 e. The minimum Gasteiger partial charge on any atom is -0.462 e. The fraction of sp³-hybridized carbons (Fsp3) is 0.655. The summed E-state index contributed by atoms with van der Waals surface area (Å²) in [6.07, 6.45) is 0.168. The fourth-order valence-electron chi connectivity index (χ4n) is 9.17. The largest absolute Gasteiger partial charge is 0.462 e. The first kappa shape index (κ1) is 26.3. The van der Waals surface area contributed by atoms with Gasteiger partial charge in [0.2, 0.25) is 0 Å². The minimum absolute atomic E-state index is 0.0637. The highest BCUT2D eigenvalue weighted by atomic mass is 16.7. The number of carbonyl (C=O) groups is 4. The number of cyclic esters (lactones) is 2. The maximum atomic E-state index is 14.2. The molecule has 6 rings (SSSR count). The lowest BCUT2D eigenvalue weighted by Crippen LogP contribution is -2.82. The minimum atomic E-state index is -1.65. The smallest absolute Gasteiger partial charge is 0.331 e. The van der Waals surface area contributed by atoms with Gasteiger partial charge in [-0.2, -0.15) is 0 Å². The Morgan fingerprint density at radius 1 is 1.03 bits per heavy atom. The van der Waals surface area contributed by atoms with Gasteiger partial charge in [0.05, 0.1) is 17.4 Å². The highest BCUT2D eigenvalue weighted by Gasteiger charge is 2.98. The quantitative estimate of drug-likeness (QED) is 0.292. The lowest BCUT2D eigenvalue weighted by Gasteiger charge is -2.69. The average Bonchev–Trinajstić information content (AvgIpc) is 3.10. The predicted octanol–water partition coefficient (Wildman–Crippen LogP) is 2.49. The van der Waals surface area contributed by atoms with E-state index >= 15 is 0 Å². The van der Waals surface area contributed by atoms with Crippen LogP contribution in [0.4, 0.5) is 0 Å². The van der Waals surface area contributed by atoms with Crippen LogP contribution in [0.25, 0.3) is 0 Å². The molecule has 0 aromatic carbocycles. The van der Waals surface area contributed by atoms with Crippen molar-refractivity contribution in [3.05, 3.63) is 36.5 Å². The molecule has 39 heavy (non-hydrogen) atoms. The molecule has 2 spiro atoms. The van der Waals surface area contributed by atoms with Crippen LogP contribution in [0.5, 0.6) is 0 Å². The Bertz CT molecular complexity index is 1330. The molecule has 9 atom stereocenters. The van der Waals surface area contributed by atoms with E-state index in [0.29, 0.717) is 11.1 Å². The number of ether oxygens (including phenoxy) is 6. The third-order valence-corrected chi connectivity index (χ3v) is 10.9.